The molecule has 0 radical (unpaired) electrons. The third-order valence-electron chi connectivity index (χ3n) is 2.42. The molecule has 0 aromatic rings. The van der Waals surface area contributed by atoms with Gasteiger partial charge in [0.25, 0.3) is 0 Å². The van der Waals surface area contributed by atoms with Crippen molar-refractivity contribution in [3.63, 3.8) is 0 Å². The molecular weight excluding hydrogens is 110 g/mol. The van der Waals surface area contributed by atoms with Crippen LogP contribution in [0.25, 0.3) is 0 Å². The Morgan fingerprint density at radius 1 is 1.00 bits per heavy atom. The minimum atomic E-state index is 0.597. The molecule has 0 aromatic carbocycles. The van der Waals surface area contributed by atoms with E-state index >= 15 is 0 Å². The van der Waals surface area contributed by atoms with Crippen molar-refractivity contribution >= 4 is 0 Å². The van der Waals surface area contributed by atoms with Gasteiger partial charge in [0.15, 0.2) is 0 Å². The Hall–Kier alpha value is -0.300. The van der Waals surface area contributed by atoms with Gasteiger partial charge in [0.2, 0.25) is 0 Å². The second-order valence-corrected chi connectivity index (χ2v) is 2.98. The predicted molar refractivity (Wildman–Crippen MR) is 40.4 cm³/mol. The Morgan fingerprint density at radius 3 is 1.44 bits per heavy atom. The summed E-state index contributed by atoms with van der Waals surface area (Å²) in [6, 6.07) is 1.19. The van der Waals surface area contributed by atoms with Crippen molar-refractivity contribution in [2.75, 3.05) is 0 Å². The van der Waals surface area contributed by atoms with Crippen LogP contribution >= 0.6 is 0 Å². The Kier molecular flexibility index (Phi) is 1.62. The van der Waals surface area contributed by atoms with Crippen LogP contribution in [0.15, 0.2) is 11.1 Å². The van der Waals surface area contributed by atoms with Gasteiger partial charge in [-0.1, -0.05) is 11.1 Å². The van der Waals surface area contributed by atoms with Crippen LogP contribution in [-0.4, -0.2) is 12.1 Å². The van der Waals surface area contributed by atoms with E-state index in [1.165, 1.54) is 11.1 Å². The lowest BCUT2D eigenvalue weighted by molar-refractivity contribution is 0.606. The maximum Gasteiger partial charge on any atom is 0.0257 e. The Labute approximate surface area is 57.1 Å². The van der Waals surface area contributed by atoms with Crippen molar-refractivity contribution in [1.82, 2.24) is 5.32 Å². The molecule has 1 aliphatic heterocycles. The second kappa shape index (κ2) is 2.14. The van der Waals surface area contributed by atoms with Crippen molar-refractivity contribution in [3.8, 4) is 0 Å². The summed E-state index contributed by atoms with van der Waals surface area (Å²) in [5.41, 5.74) is 3.03. The minimum absolute atomic E-state index is 0.597. The normalized spacial score (nSPS) is 36.0. The Morgan fingerprint density at radius 2 is 1.33 bits per heavy atom. The molecular formula is C8H15N. The fourth-order valence-corrected chi connectivity index (χ4v) is 1.31. The van der Waals surface area contributed by atoms with Gasteiger partial charge in [0.1, 0.15) is 0 Å². The summed E-state index contributed by atoms with van der Waals surface area (Å²) in [7, 11) is 0. The van der Waals surface area contributed by atoms with E-state index in [-0.39, 0.29) is 0 Å². The first-order chi connectivity index (χ1) is 4.13. The first kappa shape index (κ1) is 6.81. The highest BCUT2D eigenvalue weighted by atomic mass is 15.0. The van der Waals surface area contributed by atoms with Crippen molar-refractivity contribution in [1.29, 1.82) is 0 Å². The molecule has 0 unspecified atom stereocenters. The SMILES string of the molecule is CC1=C(C)[C@H](C)N[C@H]1C. The van der Waals surface area contributed by atoms with Crippen LogP contribution in [0.5, 0.6) is 0 Å². The van der Waals surface area contributed by atoms with E-state index in [0.29, 0.717) is 12.1 Å². The molecule has 1 N–H and O–H groups in total. The standard InChI is InChI=1S/C8H15N/c1-5-6(2)8(4)9-7(5)3/h7-9H,1-4H3/t7-,8-/m0/s1. The lowest BCUT2D eigenvalue weighted by Gasteiger charge is -2.06. The quantitative estimate of drug-likeness (QED) is 0.486. The average molecular weight is 125 g/mol. The lowest BCUT2D eigenvalue weighted by Crippen LogP contribution is -2.27. The molecule has 0 aliphatic carbocycles. The predicted octanol–water partition coefficient (Wildman–Crippen LogP) is 1.70. The summed E-state index contributed by atoms with van der Waals surface area (Å²) < 4.78 is 0. The molecule has 0 aromatic heterocycles. The molecule has 1 rings (SSSR count). The van der Waals surface area contributed by atoms with Crippen LogP contribution in [0, 0.1) is 0 Å². The summed E-state index contributed by atoms with van der Waals surface area (Å²) >= 11 is 0. The molecule has 2 atom stereocenters. The van der Waals surface area contributed by atoms with Crippen LogP contribution in [0.2, 0.25) is 0 Å². The average Bonchev–Trinajstić information content (AvgIpc) is 1.98. The maximum atomic E-state index is 3.44. The number of hydrogen-bond donors (Lipinski definition) is 1. The van der Waals surface area contributed by atoms with Gasteiger partial charge in [-0.3, -0.25) is 0 Å². The molecule has 0 fully saturated rings. The molecule has 9 heavy (non-hydrogen) atoms. The number of hydrogen-bond acceptors (Lipinski definition) is 1. The van der Waals surface area contributed by atoms with E-state index in [1.807, 2.05) is 0 Å². The summed E-state index contributed by atoms with van der Waals surface area (Å²) in [5.74, 6) is 0. The molecule has 0 saturated heterocycles. The third kappa shape index (κ3) is 1.01. The molecule has 1 aliphatic rings. The van der Waals surface area contributed by atoms with Gasteiger partial charge >= 0.3 is 0 Å². The van der Waals surface area contributed by atoms with E-state index in [1.54, 1.807) is 0 Å². The van der Waals surface area contributed by atoms with E-state index in [0.717, 1.165) is 0 Å². The van der Waals surface area contributed by atoms with Crippen LogP contribution in [0.4, 0.5) is 0 Å². The molecule has 0 spiro atoms. The summed E-state index contributed by atoms with van der Waals surface area (Å²) in [6.07, 6.45) is 0. The van der Waals surface area contributed by atoms with Gasteiger partial charge in [-0.15, -0.1) is 0 Å². The van der Waals surface area contributed by atoms with Crippen molar-refractivity contribution in [2.45, 2.75) is 39.8 Å². The first-order valence-corrected chi connectivity index (χ1v) is 3.56. The smallest absolute Gasteiger partial charge is 0.0257 e. The zero-order valence-electron chi connectivity index (χ0n) is 6.65. The fourth-order valence-electron chi connectivity index (χ4n) is 1.31. The molecule has 1 heterocycles. The van der Waals surface area contributed by atoms with Crippen molar-refractivity contribution < 1.29 is 0 Å². The molecule has 1 heteroatoms. The highest BCUT2D eigenvalue weighted by Gasteiger charge is 2.20. The summed E-state index contributed by atoms with van der Waals surface area (Å²) in [4.78, 5) is 0. The van der Waals surface area contributed by atoms with Gasteiger partial charge in [0, 0.05) is 12.1 Å². The van der Waals surface area contributed by atoms with E-state index < -0.39 is 0 Å². The summed E-state index contributed by atoms with van der Waals surface area (Å²) in [6.45, 7) is 8.83. The van der Waals surface area contributed by atoms with Crippen LogP contribution in [-0.2, 0) is 0 Å². The van der Waals surface area contributed by atoms with Gasteiger partial charge < -0.3 is 5.32 Å². The van der Waals surface area contributed by atoms with Gasteiger partial charge in [-0.05, 0) is 27.7 Å². The molecule has 0 bridgehead atoms. The topological polar surface area (TPSA) is 12.0 Å². The van der Waals surface area contributed by atoms with Crippen molar-refractivity contribution in [3.05, 3.63) is 11.1 Å². The minimum Gasteiger partial charge on any atom is -0.304 e. The highest BCUT2D eigenvalue weighted by molar-refractivity contribution is 5.25. The zero-order valence-corrected chi connectivity index (χ0v) is 6.65. The van der Waals surface area contributed by atoms with E-state index in [2.05, 4.69) is 33.0 Å². The van der Waals surface area contributed by atoms with Gasteiger partial charge in [0.05, 0.1) is 0 Å². The largest absolute Gasteiger partial charge is 0.304 e. The monoisotopic (exact) mass is 125 g/mol. The maximum absolute atomic E-state index is 3.44. The second-order valence-electron chi connectivity index (χ2n) is 2.98. The van der Waals surface area contributed by atoms with Crippen LogP contribution in [0.1, 0.15) is 27.7 Å². The van der Waals surface area contributed by atoms with Crippen LogP contribution < -0.4 is 5.32 Å². The van der Waals surface area contributed by atoms with E-state index in [9.17, 15) is 0 Å². The third-order valence-corrected chi connectivity index (χ3v) is 2.42. The fraction of sp³-hybridized carbons (Fsp3) is 0.750. The molecule has 0 saturated carbocycles. The lowest BCUT2D eigenvalue weighted by atomic mass is 10.1. The molecule has 1 nitrogen and oxygen atoms in total. The van der Waals surface area contributed by atoms with Gasteiger partial charge in [-0.25, -0.2) is 0 Å². The van der Waals surface area contributed by atoms with E-state index in [4.69, 9.17) is 0 Å². The van der Waals surface area contributed by atoms with Crippen LogP contribution in [0.3, 0.4) is 0 Å². The van der Waals surface area contributed by atoms with Crippen molar-refractivity contribution in [2.24, 2.45) is 0 Å². The summed E-state index contributed by atoms with van der Waals surface area (Å²) in [5, 5.41) is 3.44. The zero-order chi connectivity index (χ0) is 7.02. The highest BCUT2D eigenvalue weighted by Crippen LogP contribution is 2.19. The van der Waals surface area contributed by atoms with Gasteiger partial charge in [-0.2, -0.15) is 0 Å². The Bertz CT molecular complexity index is 131. The molecule has 0 amide bonds. The number of nitrogens with one attached hydrogen (secondary N) is 1. The number of rotatable bonds is 0. The first-order valence-electron chi connectivity index (χ1n) is 3.56. The molecule has 52 valence electrons. The Balaban J connectivity index is 2.79.